The summed E-state index contributed by atoms with van der Waals surface area (Å²) in [5, 5.41) is 3.05. The average Bonchev–Trinajstić information content (AvgIpc) is 2.59. The summed E-state index contributed by atoms with van der Waals surface area (Å²) in [5.41, 5.74) is 1.15. The van der Waals surface area contributed by atoms with Gasteiger partial charge in [0.2, 0.25) is 11.8 Å². The Kier molecular flexibility index (Phi) is 7.04. The molecule has 0 saturated carbocycles. The molecule has 130 valence electrons. The molecule has 1 heterocycles. The number of hydrogen-bond donors (Lipinski definition) is 1. The van der Waals surface area contributed by atoms with Crippen LogP contribution in [0, 0.1) is 5.92 Å². The normalized spacial score (nSPS) is 18.1. The predicted molar refractivity (Wildman–Crippen MR) is 97.3 cm³/mol. The highest BCUT2D eigenvalue weighted by atomic mass is 16.2. The van der Waals surface area contributed by atoms with Gasteiger partial charge in [0.1, 0.15) is 0 Å². The van der Waals surface area contributed by atoms with Crippen LogP contribution in [0.25, 0.3) is 6.08 Å². The van der Waals surface area contributed by atoms with Crippen molar-refractivity contribution in [2.24, 2.45) is 5.92 Å². The molecule has 2 amide bonds. The summed E-state index contributed by atoms with van der Waals surface area (Å²) in [4.78, 5) is 26.1. The van der Waals surface area contributed by atoms with E-state index in [1.165, 1.54) is 0 Å². The number of amides is 2. The van der Waals surface area contributed by atoms with E-state index in [0.717, 1.165) is 31.4 Å². The molecule has 4 nitrogen and oxygen atoms in total. The minimum absolute atomic E-state index is 0.0146. The third-order valence-electron chi connectivity index (χ3n) is 4.28. The second-order valence-corrected chi connectivity index (χ2v) is 6.69. The Balaban J connectivity index is 1.75. The fourth-order valence-corrected chi connectivity index (χ4v) is 2.84. The largest absolute Gasteiger partial charge is 0.351 e. The van der Waals surface area contributed by atoms with E-state index in [4.69, 9.17) is 0 Å². The molecule has 1 N–H and O–H groups in total. The first kappa shape index (κ1) is 18.2. The maximum Gasteiger partial charge on any atom is 0.222 e. The van der Waals surface area contributed by atoms with Gasteiger partial charge >= 0.3 is 0 Å². The first-order valence-corrected chi connectivity index (χ1v) is 8.86. The summed E-state index contributed by atoms with van der Waals surface area (Å²) in [6.07, 6.45) is 7.27. The average molecular weight is 328 g/mol. The van der Waals surface area contributed by atoms with Crippen LogP contribution >= 0.6 is 0 Å². The van der Waals surface area contributed by atoms with Gasteiger partial charge in [0.25, 0.3) is 0 Å². The zero-order chi connectivity index (χ0) is 17.4. The summed E-state index contributed by atoms with van der Waals surface area (Å²) in [5.74, 6) is 0.232. The molecule has 1 atom stereocenters. The fraction of sp³-hybridized carbons (Fsp3) is 0.500. The Morgan fingerprint density at radius 1 is 1.29 bits per heavy atom. The quantitative estimate of drug-likeness (QED) is 0.871. The number of hydrogen-bond acceptors (Lipinski definition) is 2. The van der Waals surface area contributed by atoms with Crippen LogP contribution in [0.4, 0.5) is 0 Å². The molecule has 0 bridgehead atoms. The summed E-state index contributed by atoms with van der Waals surface area (Å²) in [6.45, 7) is 5.22. The molecule has 0 unspecified atom stereocenters. The molecule has 1 saturated heterocycles. The lowest BCUT2D eigenvalue weighted by molar-refractivity contribution is -0.134. The molecule has 0 spiro atoms. The number of allylic oxidation sites excluding steroid dienone is 1. The van der Waals surface area contributed by atoms with Crippen molar-refractivity contribution in [2.75, 3.05) is 13.1 Å². The maximum absolute atomic E-state index is 12.4. The zero-order valence-corrected chi connectivity index (χ0v) is 14.7. The molecule has 2 rings (SSSR count). The standard InChI is InChI=1S/C20H28N2O2/c1-16(2)20(24)21-18-12-8-14-22(15-18)19(23)13-7-6-11-17-9-4-3-5-10-17/h3-6,9-11,16,18H,7-8,12-15H2,1-2H3,(H,21,24)/b11-6+/t18-/m0/s1. The zero-order valence-electron chi connectivity index (χ0n) is 14.7. The van der Waals surface area contributed by atoms with Crippen LogP contribution in [0.2, 0.25) is 0 Å². The Morgan fingerprint density at radius 2 is 2.04 bits per heavy atom. The molecular formula is C20H28N2O2. The smallest absolute Gasteiger partial charge is 0.222 e. The third-order valence-corrected chi connectivity index (χ3v) is 4.28. The molecule has 0 radical (unpaired) electrons. The summed E-state index contributed by atoms with van der Waals surface area (Å²) >= 11 is 0. The lowest BCUT2D eigenvalue weighted by Gasteiger charge is -2.33. The van der Waals surface area contributed by atoms with Gasteiger partial charge in [-0.2, -0.15) is 0 Å². The van der Waals surface area contributed by atoms with Crippen molar-refractivity contribution in [3.63, 3.8) is 0 Å². The van der Waals surface area contributed by atoms with Crippen molar-refractivity contribution in [3.05, 3.63) is 42.0 Å². The Labute approximate surface area is 144 Å². The molecular weight excluding hydrogens is 300 g/mol. The van der Waals surface area contributed by atoms with Crippen LogP contribution in [0.3, 0.4) is 0 Å². The molecule has 0 aliphatic carbocycles. The SMILES string of the molecule is CC(C)C(=O)N[C@H]1CCCN(C(=O)CC/C=C/c2ccccc2)C1. The summed E-state index contributed by atoms with van der Waals surface area (Å²) in [6, 6.07) is 10.2. The van der Waals surface area contributed by atoms with Gasteiger partial charge in [0.05, 0.1) is 0 Å². The van der Waals surface area contributed by atoms with Crippen LogP contribution in [0.1, 0.15) is 45.1 Å². The van der Waals surface area contributed by atoms with E-state index in [1.807, 2.05) is 49.1 Å². The third kappa shape index (κ3) is 5.84. The van der Waals surface area contributed by atoms with Crippen LogP contribution in [0.15, 0.2) is 36.4 Å². The molecule has 1 aliphatic heterocycles. The van der Waals surface area contributed by atoms with E-state index in [1.54, 1.807) is 0 Å². The predicted octanol–water partition coefficient (Wildman–Crippen LogP) is 3.24. The summed E-state index contributed by atoms with van der Waals surface area (Å²) < 4.78 is 0. The molecule has 24 heavy (non-hydrogen) atoms. The first-order valence-electron chi connectivity index (χ1n) is 8.86. The van der Waals surface area contributed by atoms with Gasteiger partial charge in [-0.1, -0.05) is 56.3 Å². The van der Waals surface area contributed by atoms with Crippen LogP contribution < -0.4 is 5.32 Å². The van der Waals surface area contributed by atoms with Crippen LogP contribution in [-0.2, 0) is 9.59 Å². The van der Waals surface area contributed by atoms with Crippen LogP contribution in [-0.4, -0.2) is 35.8 Å². The first-order chi connectivity index (χ1) is 11.6. The molecule has 4 heteroatoms. The molecule has 1 fully saturated rings. The Bertz CT molecular complexity index is 566. The minimum Gasteiger partial charge on any atom is -0.351 e. The van der Waals surface area contributed by atoms with E-state index in [2.05, 4.69) is 17.5 Å². The second kappa shape index (κ2) is 9.26. The lowest BCUT2D eigenvalue weighted by Crippen LogP contribution is -2.50. The molecule has 1 aliphatic rings. The number of benzene rings is 1. The number of carbonyl (C=O) groups excluding carboxylic acids is 2. The maximum atomic E-state index is 12.4. The number of likely N-dealkylation sites (tertiary alicyclic amines) is 1. The van der Waals surface area contributed by atoms with Crippen molar-refractivity contribution < 1.29 is 9.59 Å². The summed E-state index contributed by atoms with van der Waals surface area (Å²) in [7, 11) is 0. The van der Waals surface area contributed by atoms with Gasteiger partial charge in [-0.05, 0) is 24.8 Å². The van der Waals surface area contributed by atoms with Crippen molar-refractivity contribution in [3.8, 4) is 0 Å². The van der Waals surface area contributed by atoms with Crippen molar-refractivity contribution >= 4 is 17.9 Å². The van der Waals surface area contributed by atoms with Gasteiger partial charge in [0.15, 0.2) is 0 Å². The van der Waals surface area contributed by atoms with Gasteiger partial charge in [-0.3, -0.25) is 9.59 Å². The Morgan fingerprint density at radius 3 is 2.75 bits per heavy atom. The van der Waals surface area contributed by atoms with Gasteiger partial charge < -0.3 is 10.2 Å². The van der Waals surface area contributed by atoms with Gasteiger partial charge in [-0.25, -0.2) is 0 Å². The molecule has 1 aromatic rings. The van der Waals surface area contributed by atoms with Crippen LogP contribution in [0.5, 0.6) is 0 Å². The number of piperidine rings is 1. The van der Waals surface area contributed by atoms with E-state index in [-0.39, 0.29) is 23.8 Å². The number of nitrogens with zero attached hydrogens (tertiary/aromatic N) is 1. The Hall–Kier alpha value is -2.10. The van der Waals surface area contributed by atoms with Gasteiger partial charge in [0, 0.05) is 31.5 Å². The second-order valence-electron chi connectivity index (χ2n) is 6.69. The highest BCUT2D eigenvalue weighted by Gasteiger charge is 2.24. The van der Waals surface area contributed by atoms with E-state index < -0.39 is 0 Å². The molecule has 0 aromatic heterocycles. The van der Waals surface area contributed by atoms with E-state index in [9.17, 15) is 9.59 Å². The van der Waals surface area contributed by atoms with Gasteiger partial charge in [-0.15, -0.1) is 0 Å². The highest BCUT2D eigenvalue weighted by molar-refractivity contribution is 5.79. The van der Waals surface area contributed by atoms with E-state index in [0.29, 0.717) is 13.0 Å². The fourth-order valence-electron chi connectivity index (χ4n) is 2.84. The topological polar surface area (TPSA) is 49.4 Å². The van der Waals surface area contributed by atoms with Crippen molar-refractivity contribution in [1.82, 2.24) is 10.2 Å². The molecule has 1 aromatic carbocycles. The monoisotopic (exact) mass is 328 g/mol. The van der Waals surface area contributed by atoms with Crippen molar-refractivity contribution in [2.45, 2.75) is 45.6 Å². The lowest BCUT2D eigenvalue weighted by atomic mass is 10.0. The number of nitrogens with one attached hydrogen (secondary N) is 1. The minimum atomic E-state index is -0.0146. The number of carbonyl (C=O) groups is 2. The van der Waals surface area contributed by atoms with Crippen molar-refractivity contribution in [1.29, 1.82) is 0 Å². The van der Waals surface area contributed by atoms with E-state index >= 15 is 0 Å². The highest BCUT2D eigenvalue weighted by Crippen LogP contribution is 2.13. The number of rotatable bonds is 6.